The summed E-state index contributed by atoms with van der Waals surface area (Å²) in [4.78, 5) is 30.2. The minimum absolute atomic E-state index is 0.0494. The third-order valence-electron chi connectivity index (χ3n) is 4.47. The fraction of sp³-hybridized carbons (Fsp3) is 0.882. The third kappa shape index (κ3) is 5.34. The van der Waals surface area contributed by atoms with Crippen LogP contribution in [0.15, 0.2) is 0 Å². The van der Waals surface area contributed by atoms with E-state index in [9.17, 15) is 9.59 Å². The summed E-state index contributed by atoms with van der Waals surface area (Å²) in [6.07, 6.45) is 1.83. The van der Waals surface area contributed by atoms with Gasteiger partial charge in [0.25, 0.3) is 0 Å². The lowest BCUT2D eigenvalue weighted by Crippen LogP contribution is -2.53. The van der Waals surface area contributed by atoms with Crippen molar-refractivity contribution in [3.63, 3.8) is 0 Å². The number of ether oxygens (including phenoxy) is 2. The van der Waals surface area contributed by atoms with Crippen LogP contribution in [-0.4, -0.2) is 91.3 Å². The van der Waals surface area contributed by atoms with Crippen molar-refractivity contribution in [2.24, 2.45) is 0 Å². The molecule has 2 rings (SSSR count). The normalized spacial score (nSPS) is 22.8. The maximum Gasteiger partial charge on any atom is 0.410 e. The second-order valence-corrected chi connectivity index (χ2v) is 7.58. The Morgan fingerprint density at radius 2 is 1.75 bits per heavy atom. The molecule has 24 heavy (non-hydrogen) atoms. The largest absolute Gasteiger partial charge is 0.444 e. The van der Waals surface area contributed by atoms with Crippen molar-refractivity contribution in [1.29, 1.82) is 0 Å². The molecular weight excluding hydrogens is 310 g/mol. The van der Waals surface area contributed by atoms with Gasteiger partial charge < -0.3 is 19.3 Å². The zero-order chi connectivity index (χ0) is 17.7. The summed E-state index contributed by atoms with van der Waals surface area (Å²) >= 11 is 0. The monoisotopic (exact) mass is 341 g/mol. The summed E-state index contributed by atoms with van der Waals surface area (Å²) in [5, 5.41) is 0. The van der Waals surface area contributed by atoms with E-state index in [-0.39, 0.29) is 24.6 Å². The predicted octanol–water partition coefficient (Wildman–Crippen LogP) is 1.18. The summed E-state index contributed by atoms with van der Waals surface area (Å²) in [6, 6.07) is 0.209. The van der Waals surface area contributed by atoms with Crippen LogP contribution in [0, 0.1) is 0 Å². The zero-order valence-electron chi connectivity index (χ0n) is 15.4. The zero-order valence-corrected chi connectivity index (χ0v) is 15.4. The highest BCUT2D eigenvalue weighted by atomic mass is 16.6. The Kier molecular flexibility index (Phi) is 6.46. The van der Waals surface area contributed by atoms with E-state index in [1.165, 1.54) is 0 Å². The van der Waals surface area contributed by atoms with Crippen LogP contribution in [0.2, 0.25) is 0 Å². The first-order valence-electron chi connectivity index (χ1n) is 8.79. The van der Waals surface area contributed by atoms with Gasteiger partial charge in [0.15, 0.2) is 0 Å². The van der Waals surface area contributed by atoms with Gasteiger partial charge in [0.05, 0.1) is 0 Å². The van der Waals surface area contributed by atoms with Crippen LogP contribution in [0.1, 0.15) is 33.6 Å². The van der Waals surface area contributed by atoms with E-state index in [0.29, 0.717) is 0 Å². The van der Waals surface area contributed by atoms with Gasteiger partial charge in [-0.3, -0.25) is 9.69 Å². The van der Waals surface area contributed by atoms with Crippen LogP contribution in [0.3, 0.4) is 0 Å². The summed E-state index contributed by atoms with van der Waals surface area (Å²) in [5.74, 6) is 0.0494. The van der Waals surface area contributed by atoms with E-state index in [1.54, 1.807) is 7.11 Å². The molecule has 138 valence electrons. The van der Waals surface area contributed by atoms with Gasteiger partial charge in [0.2, 0.25) is 5.91 Å². The topological polar surface area (TPSA) is 62.3 Å². The maximum atomic E-state index is 12.3. The number of methoxy groups -OCH3 is 1. The molecule has 2 aliphatic rings. The highest BCUT2D eigenvalue weighted by Crippen LogP contribution is 2.22. The van der Waals surface area contributed by atoms with Gasteiger partial charge in [-0.1, -0.05) is 0 Å². The van der Waals surface area contributed by atoms with Gasteiger partial charge in [-0.15, -0.1) is 0 Å². The van der Waals surface area contributed by atoms with Crippen LogP contribution >= 0.6 is 0 Å². The fourth-order valence-electron chi connectivity index (χ4n) is 3.28. The van der Waals surface area contributed by atoms with Crippen molar-refractivity contribution in [1.82, 2.24) is 14.7 Å². The lowest BCUT2D eigenvalue weighted by Gasteiger charge is -2.37. The molecule has 2 fully saturated rings. The molecule has 2 heterocycles. The van der Waals surface area contributed by atoms with E-state index >= 15 is 0 Å². The molecule has 2 aliphatic heterocycles. The third-order valence-corrected chi connectivity index (χ3v) is 4.47. The van der Waals surface area contributed by atoms with Crippen LogP contribution in [0.25, 0.3) is 0 Å². The van der Waals surface area contributed by atoms with Crippen molar-refractivity contribution in [2.45, 2.75) is 45.3 Å². The average Bonchev–Trinajstić information content (AvgIpc) is 2.95. The summed E-state index contributed by atoms with van der Waals surface area (Å²) in [6.45, 7) is 10.6. The molecule has 0 radical (unpaired) electrons. The summed E-state index contributed by atoms with van der Waals surface area (Å²) < 4.78 is 10.4. The molecule has 0 bridgehead atoms. The number of amides is 2. The molecule has 2 amide bonds. The highest BCUT2D eigenvalue weighted by Gasteiger charge is 2.34. The Labute approximate surface area is 144 Å². The Morgan fingerprint density at radius 1 is 1.08 bits per heavy atom. The SMILES string of the molecule is COCC(=O)N1CCN(C[C@H]2CCCN2C(=O)OC(C)(C)C)CC1. The summed E-state index contributed by atoms with van der Waals surface area (Å²) in [7, 11) is 1.54. The van der Waals surface area contributed by atoms with E-state index in [4.69, 9.17) is 9.47 Å². The molecule has 0 aromatic rings. The molecule has 2 saturated heterocycles. The quantitative estimate of drug-likeness (QED) is 0.768. The molecule has 0 saturated carbocycles. The van der Waals surface area contributed by atoms with E-state index in [0.717, 1.165) is 52.1 Å². The van der Waals surface area contributed by atoms with Crippen LogP contribution in [0.4, 0.5) is 4.79 Å². The minimum Gasteiger partial charge on any atom is -0.444 e. The number of likely N-dealkylation sites (tertiary alicyclic amines) is 1. The Bertz CT molecular complexity index is 442. The molecule has 0 aromatic carbocycles. The lowest BCUT2D eigenvalue weighted by atomic mass is 10.2. The number of hydrogen-bond acceptors (Lipinski definition) is 5. The molecule has 0 aliphatic carbocycles. The number of piperazine rings is 1. The molecule has 0 aromatic heterocycles. The first kappa shape index (κ1) is 19.0. The van der Waals surface area contributed by atoms with Crippen molar-refractivity contribution in [3.05, 3.63) is 0 Å². The van der Waals surface area contributed by atoms with Crippen molar-refractivity contribution in [3.8, 4) is 0 Å². The van der Waals surface area contributed by atoms with E-state index < -0.39 is 5.60 Å². The second-order valence-electron chi connectivity index (χ2n) is 7.58. The van der Waals surface area contributed by atoms with Gasteiger partial charge >= 0.3 is 6.09 Å². The maximum absolute atomic E-state index is 12.3. The lowest BCUT2D eigenvalue weighted by molar-refractivity contribution is -0.136. The fourth-order valence-corrected chi connectivity index (χ4v) is 3.28. The van der Waals surface area contributed by atoms with E-state index in [1.807, 2.05) is 30.6 Å². The predicted molar refractivity (Wildman–Crippen MR) is 90.9 cm³/mol. The summed E-state index contributed by atoms with van der Waals surface area (Å²) in [5.41, 5.74) is -0.461. The van der Waals surface area contributed by atoms with Crippen molar-refractivity contribution < 1.29 is 19.1 Å². The Hall–Kier alpha value is -1.34. The molecule has 7 heteroatoms. The minimum atomic E-state index is -0.461. The standard InChI is InChI=1S/C17H31N3O4/c1-17(2,3)24-16(22)20-7-5-6-14(20)12-18-8-10-19(11-9-18)15(21)13-23-4/h14H,5-13H2,1-4H3/t14-/m1/s1. The van der Waals surface area contributed by atoms with Crippen LogP contribution in [0.5, 0.6) is 0 Å². The molecule has 0 N–H and O–H groups in total. The van der Waals surface area contributed by atoms with Crippen LogP contribution in [-0.2, 0) is 14.3 Å². The molecule has 0 spiro atoms. The first-order valence-corrected chi connectivity index (χ1v) is 8.79. The van der Waals surface area contributed by atoms with Gasteiger partial charge in [-0.2, -0.15) is 0 Å². The van der Waals surface area contributed by atoms with Gasteiger partial charge in [-0.05, 0) is 33.6 Å². The van der Waals surface area contributed by atoms with Crippen LogP contribution < -0.4 is 0 Å². The van der Waals surface area contributed by atoms with Gasteiger partial charge in [0.1, 0.15) is 12.2 Å². The van der Waals surface area contributed by atoms with Gasteiger partial charge in [0, 0.05) is 52.4 Å². The number of rotatable bonds is 4. The highest BCUT2D eigenvalue weighted by molar-refractivity contribution is 5.77. The number of nitrogens with zero attached hydrogens (tertiary/aromatic N) is 3. The second kappa shape index (κ2) is 8.16. The number of carbonyl (C=O) groups is 2. The molecular formula is C17H31N3O4. The first-order chi connectivity index (χ1) is 11.3. The Balaban J connectivity index is 1.81. The van der Waals surface area contributed by atoms with Crippen molar-refractivity contribution >= 4 is 12.0 Å². The van der Waals surface area contributed by atoms with Crippen molar-refractivity contribution in [2.75, 3.05) is 53.0 Å². The number of carbonyl (C=O) groups excluding carboxylic acids is 2. The Morgan fingerprint density at radius 3 is 2.33 bits per heavy atom. The number of hydrogen-bond donors (Lipinski definition) is 0. The smallest absolute Gasteiger partial charge is 0.410 e. The molecule has 1 atom stereocenters. The van der Waals surface area contributed by atoms with Gasteiger partial charge in [-0.25, -0.2) is 4.79 Å². The van der Waals surface area contributed by atoms with E-state index in [2.05, 4.69) is 4.90 Å². The average molecular weight is 341 g/mol. The molecule has 0 unspecified atom stereocenters. The molecule has 7 nitrogen and oxygen atoms in total.